The van der Waals surface area contributed by atoms with E-state index in [1.54, 1.807) is 53.1 Å². The minimum Gasteiger partial charge on any atom is -0.870 e. The Morgan fingerprint density at radius 2 is 1.11 bits per heavy atom. The second-order valence-corrected chi connectivity index (χ2v) is 24.6. The van der Waals surface area contributed by atoms with Crippen LogP contribution >= 0.6 is 22.7 Å². The molecule has 2 N–H and O–H groups in total. The van der Waals surface area contributed by atoms with Gasteiger partial charge >= 0.3 is 29.6 Å². The first-order chi connectivity index (χ1) is 35.9. The minimum atomic E-state index is -3.82. The summed E-state index contributed by atoms with van der Waals surface area (Å²) in [6, 6.07) is 14.5. The second kappa shape index (κ2) is 24.9. The third kappa shape index (κ3) is 12.0. The second-order valence-electron chi connectivity index (χ2n) is 21.1. The first-order valence-electron chi connectivity index (χ1n) is 27.3. The predicted molar refractivity (Wildman–Crippen MR) is 296 cm³/mol. The van der Waals surface area contributed by atoms with Gasteiger partial charge in [-0.3, -0.25) is 9.80 Å². The van der Waals surface area contributed by atoms with Crippen LogP contribution < -0.4 is 39.4 Å². The fourth-order valence-corrected chi connectivity index (χ4v) is 15.7. The molecule has 0 radical (unpaired) electrons. The van der Waals surface area contributed by atoms with Gasteiger partial charge in [0.2, 0.25) is 0 Å². The molecule has 0 atom stereocenters. The van der Waals surface area contributed by atoms with Crippen LogP contribution in [0.1, 0.15) is 113 Å². The zero-order valence-electron chi connectivity index (χ0n) is 43.5. The van der Waals surface area contributed by atoms with Crippen molar-refractivity contribution >= 4 is 65.0 Å². The smallest absolute Gasteiger partial charge is 0.870 e. The summed E-state index contributed by atoms with van der Waals surface area (Å²) in [5.74, 6) is 1.04. The summed E-state index contributed by atoms with van der Waals surface area (Å²) in [5, 5.41) is 8.50. The molecule has 2 aliphatic carbocycles. The van der Waals surface area contributed by atoms with Gasteiger partial charge in [0.1, 0.15) is 5.65 Å². The molecule has 15 nitrogen and oxygen atoms in total. The van der Waals surface area contributed by atoms with Crippen molar-refractivity contribution < 1.29 is 52.9 Å². The third-order valence-corrected chi connectivity index (χ3v) is 20.1. The van der Waals surface area contributed by atoms with Crippen LogP contribution in [-0.4, -0.2) is 143 Å². The third-order valence-electron chi connectivity index (χ3n) is 16.7. The van der Waals surface area contributed by atoms with Crippen molar-refractivity contribution in [3.8, 4) is 22.5 Å². The SMILES string of the molecule is O=S(=O)(c1ccccc1)n1cc(-c2csc(N3CCCC3)n2)c2cc(C3CCC(N4CCCOCC4)CC3)cnc21.[Na+].[OH-].c1nc2[nH]cc(-c3csc(N4CCCC4)n3)c2cc1C1CCC(N2CCCOCC2)CC1. The Kier molecular flexibility index (Phi) is 18.1. The standard InChI is InChI=1S/C31H37N5O3S2.C25H33N5OS.Na.H2O/c37-41(38,26-7-2-1-3-8-26)36-21-28(29-22-40-31(33-29)35-13-4-5-14-35)27-19-24(20-32-30(27)36)23-9-11-25(12-10-23)34-15-6-17-39-18-16-34;1-2-9-30(8-1)25-28-23(17-32-25)22-16-27-24-21(22)14-19(15-26-24)18-4-6-20(7-5-18)29-10-3-12-31-13-11-29;;/h1-3,7-8,19-23,25H,4-6,9-18H2;14-18,20H,1-13H2,(H,26,27);;1H2/q;;+1;/p-1. The maximum atomic E-state index is 13.8. The van der Waals surface area contributed by atoms with Gasteiger partial charge in [-0.05, 0) is 137 Å². The van der Waals surface area contributed by atoms with Crippen molar-refractivity contribution in [1.82, 2.24) is 38.7 Å². The van der Waals surface area contributed by atoms with Crippen molar-refractivity contribution in [1.29, 1.82) is 0 Å². The van der Waals surface area contributed by atoms with Crippen molar-refractivity contribution in [2.24, 2.45) is 0 Å². The number of nitrogens with one attached hydrogen (secondary N) is 1. The molecule has 13 rings (SSSR count). The summed E-state index contributed by atoms with van der Waals surface area (Å²) < 4.78 is 40.3. The molecule has 6 aromatic heterocycles. The largest absolute Gasteiger partial charge is 1.00 e. The quantitative estimate of drug-likeness (QED) is 0.133. The van der Waals surface area contributed by atoms with E-state index in [-0.39, 0.29) is 39.9 Å². The number of H-pyrrole nitrogens is 1. The van der Waals surface area contributed by atoms with Crippen LogP contribution in [0.2, 0.25) is 0 Å². The molecule has 6 aliphatic rings. The van der Waals surface area contributed by atoms with Gasteiger partial charge in [0, 0.05) is 135 Å². The van der Waals surface area contributed by atoms with E-state index in [1.165, 1.54) is 103 Å². The van der Waals surface area contributed by atoms with Crippen LogP contribution in [0.4, 0.5) is 10.3 Å². The van der Waals surface area contributed by atoms with Gasteiger partial charge in [0.25, 0.3) is 10.0 Å². The molecule has 1 aromatic carbocycles. The van der Waals surface area contributed by atoms with E-state index in [1.807, 2.05) is 12.3 Å². The van der Waals surface area contributed by atoms with Crippen LogP contribution in [0.15, 0.2) is 82.9 Å². The van der Waals surface area contributed by atoms with Crippen LogP contribution in [0.25, 0.3) is 44.6 Å². The molecular formula is C56H71N10NaO5S3. The molecular weight excluding hydrogens is 1010 g/mol. The van der Waals surface area contributed by atoms with Crippen LogP contribution in [0, 0.1) is 0 Å². The van der Waals surface area contributed by atoms with Gasteiger partial charge in [-0.2, -0.15) is 0 Å². The maximum absolute atomic E-state index is 13.8. The summed E-state index contributed by atoms with van der Waals surface area (Å²) in [6.07, 6.45) is 24.7. The number of aromatic amines is 1. The van der Waals surface area contributed by atoms with Crippen molar-refractivity contribution in [3.63, 3.8) is 0 Å². The van der Waals surface area contributed by atoms with Crippen LogP contribution in [-0.2, 0) is 19.5 Å². The van der Waals surface area contributed by atoms with E-state index in [4.69, 9.17) is 29.4 Å². The van der Waals surface area contributed by atoms with E-state index < -0.39 is 10.0 Å². The number of fused-ring (bicyclic) bond motifs is 2. The Bertz CT molecular complexity index is 3050. The minimum absolute atomic E-state index is 0. The fourth-order valence-electron chi connectivity index (χ4n) is 12.6. The van der Waals surface area contributed by atoms with E-state index in [2.05, 4.69) is 59.9 Å². The first-order valence-corrected chi connectivity index (χ1v) is 30.5. The van der Waals surface area contributed by atoms with Gasteiger partial charge in [0.05, 0.1) is 29.5 Å². The molecule has 2 saturated carbocycles. The molecule has 7 aromatic rings. The number of hydrogen-bond acceptors (Lipinski definition) is 15. The van der Waals surface area contributed by atoms with Crippen molar-refractivity contribution in [2.75, 3.05) is 88.6 Å². The fraction of sp³-hybridized carbons (Fsp3) is 0.536. The summed E-state index contributed by atoms with van der Waals surface area (Å²) in [6.45, 7) is 12.3. The first kappa shape index (κ1) is 54.6. The van der Waals surface area contributed by atoms with Gasteiger partial charge in [-0.1, -0.05) is 18.2 Å². The van der Waals surface area contributed by atoms with Gasteiger partial charge in [-0.15, -0.1) is 22.7 Å². The average molecular weight is 1080 g/mol. The topological polar surface area (TPSA) is 168 Å². The zero-order chi connectivity index (χ0) is 49.1. The molecule has 394 valence electrons. The molecule has 4 saturated heterocycles. The number of benzene rings is 1. The number of thiazole rings is 2. The van der Waals surface area contributed by atoms with Crippen LogP contribution in [0.3, 0.4) is 0 Å². The molecule has 10 heterocycles. The predicted octanol–water partition coefficient (Wildman–Crippen LogP) is 7.61. The van der Waals surface area contributed by atoms with Gasteiger partial charge < -0.3 is 29.7 Å². The number of ether oxygens (including phenoxy) is 2. The number of pyridine rings is 2. The number of aromatic nitrogens is 6. The summed E-state index contributed by atoms with van der Waals surface area (Å²) >= 11 is 3.40. The molecule has 4 aliphatic heterocycles. The summed E-state index contributed by atoms with van der Waals surface area (Å²) in [5.41, 5.74) is 7.93. The number of anilines is 2. The molecule has 19 heteroatoms. The Balaban J connectivity index is 0.000000171. The van der Waals surface area contributed by atoms with E-state index in [0.717, 1.165) is 136 Å². The molecule has 0 bridgehead atoms. The van der Waals surface area contributed by atoms with E-state index in [0.29, 0.717) is 23.5 Å². The normalized spacial score (nSPS) is 23.3. The van der Waals surface area contributed by atoms with Crippen molar-refractivity contribution in [3.05, 3.63) is 89.1 Å². The molecule has 0 spiro atoms. The molecule has 0 unspecified atom stereocenters. The Morgan fingerprint density at radius 3 is 1.67 bits per heavy atom. The Labute approximate surface area is 472 Å². The van der Waals surface area contributed by atoms with Crippen molar-refractivity contribution in [2.45, 2.75) is 119 Å². The summed E-state index contributed by atoms with van der Waals surface area (Å²) in [4.78, 5) is 33.2. The monoisotopic (exact) mass is 1080 g/mol. The Morgan fingerprint density at radius 1 is 0.587 bits per heavy atom. The number of nitrogens with zero attached hydrogens (tertiary/aromatic N) is 9. The molecule has 6 fully saturated rings. The Hall–Kier alpha value is -3.79. The van der Waals surface area contributed by atoms with Crippen LogP contribution in [0.5, 0.6) is 0 Å². The molecule has 0 amide bonds. The average Bonchev–Trinajstić information content (AvgIpc) is 4.32. The van der Waals surface area contributed by atoms with E-state index >= 15 is 0 Å². The number of hydrogen-bond donors (Lipinski definition) is 1. The van der Waals surface area contributed by atoms with E-state index in [9.17, 15) is 8.42 Å². The zero-order valence-corrected chi connectivity index (χ0v) is 48.0. The maximum Gasteiger partial charge on any atom is 1.00 e. The number of rotatable bonds is 10. The molecule has 75 heavy (non-hydrogen) atoms. The summed E-state index contributed by atoms with van der Waals surface area (Å²) in [7, 11) is -3.82. The van der Waals surface area contributed by atoms with Gasteiger partial charge in [-0.25, -0.2) is 32.3 Å². The van der Waals surface area contributed by atoms with Gasteiger partial charge in [0.15, 0.2) is 15.9 Å².